The fourth-order valence-corrected chi connectivity index (χ4v) is 2.61. The standard InChI is InChI=1S/C18H16O3/c1-10(2)21-16-9-15-14(8-11(16)3)17(19)12-6-4-5-7-13(12)18(15)20/h4-10H,1-3H3. The summed E-state index contributed by atoms with van der Waals surface area (Å²) in [6, 6.07) is 10.4. The van der Waals surface area contributed by atoms with Crippen LogP contribution in [-0.4, -0.2) is 17.7 Å². The van der Waals surface area contributed by atoms with Crippen molar-refractivity contribution in [1.29, 1.82) is 0 Å². The van der Waals surface area contributed by atoms with Gasteiger partial charge in [-0.25, -0.2) is 0 Å². The Bertz CT molecular complexity index is 757. The molecule has 3 heteroatoms. The predicted molar refractivity (Wildman–Crippen MR) is 80.3 cm³/mol. The molecule has 21 heavy (non-hydrogen) atoms. The second-order valence-corrected chi connectivity index (χ2v) is 5.53. The molecule has 0 unspecified atom stereocenters. The summed E-state index contributed by atoms with van der Waals surface area (Å²) in [6.45, 7) is 5.75. The average Bonchev–Trinajstić information content (AvgIpc) is 2.46. The summed E-state index contributed by atoms with van der Waals surface area (Å²) in [5.41, 5.74) is 2.71. The van der Waals surface area contributed by atoms with E-state index < -0.39 is 0 Å². The molecule has 0 N–H and O–H groups in total. The van der Waals surface area contributed by atoms with Gasteiger partial charge in [0.05, 0.1) is 6.10 Å². The van der Waals surface area contributed by atoms with Crippen LogP contribution in [0.1, 0.15) is 51.3 Å². The van der Waals surface area contributed by atoms with Crippen LogP contribution in [0.2, 0.25) is 0 Å². The summed E-state index contributed by atoms with van der Waals surface area (Å²) in [6.07, 6.45) is 0.0171. The molecule has 3 nitrogen and oxygen atoms in total. The minimum atomic E-state index is -0.117. The van der Waals surface area contributed by atoms with E-state index in [-0.39, 0.29) is 17.7 Å². The molecule has 0 saturated heterocycles. The van der Waals surface area contributed by atoms with E-state index in [9.17, 15) is 9.59 Å². The number of benzene rings is 2. The Balaban J connectivity index is 2.19. The number of hydrogen-bond donors (Lipinski definition) is 0. The first kappa shape index (κ1) is 13.6. The third-order valence-corrected chi connectivity index (χ3v) is 3.58. The summed E-state index contributed by atoms with van der Waals surface area (Å²) in [4.78, 5) is 25.1. The molecule has 3 rings (SSSR count). The van der Waals surface area contributed by atoms with Crippen molar-refractivity contribution in [2.45, 2.75) is 26.9 Å². The minimum Gasteiger partial charge on any atom is -0.491 e. The van der Waals surface area contributed by atoms with E-state index >= 15 is 0 Å². The Morgan fingerprint density at radius 3 is 1.90 bits per heavy atom. The molecule has 0 bridgehead atoms. The van der Waals surface area contributed by atoms with Gasteiger partial charge < -0.3 is 4.74 Å². The zero-order valence-corrected chi connectivity index (χ0v) is 12.3. The fraction of sp³-hybridized carbons (Fsp3) is 0.222. The summed E-state index contributed by atoms with van der Waals surface area (Å²) >= 11 is 0. The molecule has 0 aromatic heterocycles. The lowest BCUT2D eigenvalue weighted by atomic mass is 9.83. The molecule has 0 fully saturated rings. The Kier molecular flexibility index (Phi) is 3.13. The van der Waals surface area contributed by atoms with E-state index in [1.54, 1.807) is 36.4 Å². The van der Waals surface area contributed by atoms with Crippen molar-refractivity contribution in [3.63, 3.8) is 0 Å². The Labute approximate surface area is 123 Å². The topological polar surface area (TPSA) is 43.4 Å². The van der Waals surface area contributed by atoms with Crippen LogP contribution in [0.3, 0.4) is 0 Å². The van der Waals surface area contributed by atoms with Gasteiger partial charge in [-0.05, 0) is 38.5 Å². The van der Waals surface area contributed by atoms with Gasteiger partial charge in [0.2, 0.25) is 0 Å². The highest BCUT2D eigenvalue weighted by atomic mass is 16.5. The van der Waals surface area contributed by atoms with Crippen molar-refractivity contribution in [3.05, 3.63) is 64.2 Å². The number of rotatable bonds is 2. The molecule has 1 aliphatic carbocycles. The minimum absolute atomic E-state index is 0.0171. The van der Waals surface area contributed by atoms with Crippen molar-refractivity contribution < 1.29 is 14.3 Å². The van der Waals surface area contributed by atoms with Crippen molar-refractivity contribution in [3.8, 4) is 5.75 Å². The van der Waals surface area contributed by atoms with Crippen LogP contribution < -0.4 is 4.74 Å². The Morgan fingerprint density at radius 2 is 1.38 bits per heavy atom. The molecule has 0 aliphatic heterocycles. The third-order valence-electron chi connectivity index (χ3n) is 3.58. The number of carbonyl (C=O) groups excluding carboxylic acids is 2. The van der Waals surface area contributed by atoms with Crippen molar-refractivity contribution in [2.24, 2.45) is 0 Å². The lowest BCUT2D eigenvalue weighted by molar-refractivity contribution is 0.0978. The first-order valence-corrected chi connectivity index (χ1v) is 6.98. The summed E-state index contributed by atoms with van der Waals surface area (Å²) in [5, 5.41) is 0. The second kappa shape index (κ2) is 4.85. The number of carbonyl (C=O) groups is 2. The predicted octanol–water partition coefficient (Wildman–Crippen LogP) is 3.56. The number of hydrogen-bond acceptors (Lipinski definition) is 3. The van der Waals surface area contributed by atoms with E-state index in [1.165, 1.54) is 0 Å². The first-order valence-electron chi connectivity index (χ1n) is 6.98. The molecule has 0 radical (unpaired) electrons. The molecular formula is C18H16O3. The number of fused-ring (bicyclic) bond motifs is 2. The van der Waals surface area contributed by atoms with E-state index in [2.05, 4.69) is 0 Å². The SMILES string of the molecule is Cc1cc2c(cc1OC(C)C)C(=O)c1ccccc1C2=O. The Morgan fingerprint density at radius 1 is 0.857 bits per heavy atom. The second-order valence-electron chi connectivity index (χ2n) is 5.53. The van der Waals surface area contributed by atoms with Crippen molar-refractivity contribution in [2.75, 3.05) is 0 Å². The third kappa shape index (κ3) is 2.15. The van der Waals surface area contributed by atoms with E-state index in [0.717, 1.165) is 5.56 Å². The molecule has 0 saturated carbocycles. The molecular weight excluding hydrogens is 264 g/mol. The van der Waals surface area contributed by atoms with Crippen LogP contribution in [0.4, 0.5) is 0 Å². The first-order chi connectivity index (χ1) is 9.99. The van der Waals surface area contributed by atoms with Gasteiger partial charge in [-0.1, -0.05) is 24.3 Å². The van der Waals surface area contributed by atoms with Gasteiger partial charge in [0.1, 0.15) is 5.75 Å². The van der Waals surface area contributed by atoms with Crippen LogP contribution in [0, 0.1) is 6.92 Å². The van der Waals surface area contributed by atoms with Gasteiger partial charge in [0.15, 0.2) is 11.6 Å². The number of ether oxygens (including phenoxy) is 1. The molecule has 0 heterocycles. The number of aryl methyl sites for hydroxylation is 1. The van der Waals surface area contributed by atoms with E-state index in [1.807, 2.05) is 20.8 Å². The van der Waals surface area contributed by atoms with Crippen molar-refractivity contribution in [1.82, 2.24) is 0 Å². The van der Waals surface area contributed by atoms with Gasteiger partial charge in [0.25, 0.3) is 0 Å². The van der Waals surface area contributed by atoms with Crippen LogP contribution in [0.15, 0.2) is 36.4 Å². The lowest BCUT2D eigenvalue weighted by Crippen LogP contribution is -2.21. The quantitative estimate of drug-likeness (QED) is 0.721. The highest BCUT2D eigenvalue weighted by Gasteiger charge is 2.30. The molecule has 2 aromatic rings. The molecule has 106 valence electrons. The van der Waals surface area contributed by atoms with Crippen LogP contribution in [0.5, 0.6) is 5.75 Å². The normalized spacial score (nSPS) is 13.1. The largest absolute Gasteiger partial charge is 0.491 e. The monoisotopic (exact) mass is 280 g/mol. The van der Waals surface area contributed by atoms with Gasteiger partial charge in [-0.2, -0.15) is 0 Å². The maximum absolute atomic E-state index is 12.6. The maximum atomic E-state index is 12.6. The summed E-state index contributed by atoms with van der Waals surface area (Å²) in [7, 11) is 0. The van der Waals surface area contributed by atoms with E-state index in [0.29, 0.717) is 28.0 Å². The van der Waals surface area contributed by atoms with Crippen LogP contribution in [0.25, 0.3) is 0 Å². The van der Waals surface area contributed by atoms with Crippen LogP contribution >= 0.6 is 0 Å². The van der Waals surface area contributed by atoms with Gasteiger partial charge in [0, 0.05) is 22.3 Å². The van der Waals surface area contributed by atoms with Gasteiger partial charge in [-0.15, -0.1) is 0 Å². The average molecular weight is 280 g/mol. The highest BCUT2D eigenvalue weighted by molar-refractivity contribution is 6.28. The molecule has 1 aliphatic rings. The lowest BCUT2D eigenvalue weighted by Gasteiger charge is -2.20. The highest BCUT2D eigenvalue weighted by Crippen LogP contribution is 2.32. The Hall–Kier alpha value is -2.42. The van der Waals surface area contributed by atoms with Crippen LogP contribution in [-0.2, 0) is 0 Å². The smallest absolute Gasteiger partial charge is 0.194 e. The fourth-order valence-electron chi connectivity index (χ4n) is 2.61. The molecule has 0 atom stereocenters. The van der Waals surface area contributed by atoms with E-state index in [4.69, 9.17) is 4.74 Å². The van der Waals surface area contributed by atoms with Crippen molar-refractivity contribution >= 4 is 11.6 Å². The summed E-state index contributed by atoms with van der Waals surface area (Å²) in [5.74, 6) is 0.442. The zero-order valence-electron chi connectivity index (χ0n) is 12.3. The maximum Gasteiger partial charge on any atom is 0.194 e. The zero-order chi connectivity index (χ0) is 15.1. The summed E-state index contributed by atoms with van der Waals surface area (Å²) < 4.78 is 5.72. The van der Waals surface area contributed by atoms with Gasteiger partial charge in [-0.3, -0.25) is 9.59 Å². The molecule has 0 spiro atoms. The molecule has 2 aromatic carbocycles. The van der Waals surface area contributed by atoms with Gasteiger partial charge >= 0.3 is 0 Å². The molecule has 0 amide bonds. The number of ketones is 2.